The van der Waals surface area contributed by atoms with Crippen molar-refractivity contribution < 1.29 is 32.2 Å². The molecule has 3 amide bonds. The Hall–Kier alpha value is -4.56. The number of ether oxygens (including phenoxy) is 2. The normalized spacial score (nSPS) is 18.7. The molecule has 1 atom stereocenters. The number of piperazine rings is 1. The lowest BCUT2D eigenvalue weighted by Gasteiger charge is -2.42. The van der Waals surface area contributed by atoms with Crippen molar-refractivity contribution in [2.75, 3.05) is 44.3 Å². The Morgan fingerprint density at radius 1 is 1.00 bits per heavy atom. The van der Waals surface area contributed by atoms with Gasteiger partial charge in [0.1, 0.15) is 25.4 Å². The van der Waals surface area contributed by atoms with Crippen LogP contribution in [0.5, 0.6) is 11.5 Å². The van der Waals surface area contributed by atoms with Gasteiger partial charge in [0.05, 0.1) is 6.04 Å². The molecule has 2 aromatic heterocycles. The molecule has 1 saturated carbocycles. The van der Waals surface area contributed by atoms with Gasteiger partial charge >= 0.3 is 12.2 Å². The molecule has 1 unspecified atom stereocenters. The fraction of sp³-hybridized carbons (Fsp3) is 0.516. The van der Waals surface area contributed by atoms with E-state index in [9.17, 15) is 22.8 Å². The molecule has 1 aromatic carbocycles. The molecule has 246 valence electrons. The monoisotopic (exact) mass is 642 g/mol. The summed E-state index contributed by atoms with van der Waals surface area (Å²) in [5.41, 5.74) is -0.119. The van der Waals surface area contributed by atoms with Crippen LogP contribution in [-0.4, -0.2) is 87.8 Å². The highest BCUT2D eigenvalue weighted by atomic mass is 19.4. The number of carbonyl (C=O) groups excluding carboxylic acids is 2. The topological polar surface area (TPSA) is 127 Å². The predicted molar refractivity (Wildman–Crippen MR) is 161 cm³/mol. The van der Waals surface area contributed by atoms with Gasteiger partial charge in [-0.05, 0) is 37.0 Å². The van der Waals surface area contributed by atoms with Crippen molar-refractivity contribution >= 4 is 17.8 Å². The number of nitrogens with zero attached hydrogens (tertiary/aromatic N) is 6. The Labute approximate surface area is 264 Å². The number of aromatic nitrogens is 4. The van der Waals surface area contributed by atoms with Crippen molar-refractivity contribution in [1.29, 1.82) is 0 Å². The lowest BCUT2D eigenvalue weighted by molar-refractivity contribution is -0.141. The van der Waals surface area contributed by atoms with Crippen LogP contribution < -0.4 is 25.0 Å². The highest BCUT2D eigenvalue weighted by Gasteiger charge is 2.37. The zero-order valence-electron chi connectivity index (χ0n) is 25.3. The lowest BCUT2D eigenvalue weighted by atomic mass is 9.95. The number of alkyl halides is 3. The molecule has 1 aliphatic carbocycles. The number of carbonyl (C=O) groups is 2. The van der Waals surface area contributed by atoms with Gasteiger partial charge in [-0.2, -0.15) is 18.2 Å². The Morgan fingerprint density at radius 3 is 2.57 bits per heavy atom. The first-order valence-corrected chi connectivity index (χ1v) is 15.6. The molecule has 12 nitrogen and oxygen atoms in total. The van der Waals surface area contributed by atoms with Gasteiger partial charge in [0, 0.05) is 57.1 Å². The van der Waals surface area contributed by atoms with Gasteiger partial charge < -0.3 is 29.9 Å². The van der Waals surface area contributed by atoms with E-state index in [1.807, 2.05) is 18.2 Å². The minimum Gasteiger partial charge on any atom is -0.486 e. The summed E-state index contributed by atoms with van der Waals surface area (Å²) in [6, 6.07) is 5.76. The Morgan fingerprint density at radius 2 is 1.80 bits per heavy atom. The number of halogens is 3. The molecule has 2 aliphatic heterocycles. The number of anilines is 1. The number of nitrogens with one attached hydrogen (secondary N) is 2. The Bertz CT molecular complexity index is 1510. The molecule has 3 aliphatic rings. The van der Waals surface area contributed by atoms with Gasteiger partial charge in [-0.1, -0.05) is 25.3 Å². The van der Waals surface area contributed by atoms with Gasteiger partial charge in [0.2, 0.25) is 11.9 Å². The molecule has 0 bridgehead atoms. The second kappa shape index (κ2) is 13.8. The maximum absolute atomic E-state index is 13.9. The minimum absolute atomic E-state index is 0.0265. The van der Waals surface area contributed by atoms with Crippen LogP contribution in [0, 0.1) is 0 Å². The third kappa shape index (κ3) is 7.62. The summed E-state index contributed by atoms with van der Waals surface area (Å²) in [7, 11) is 0. The van der Waals surface area contributed by atoms with Gasteiger partial charge in [0.15, 0.2) is 17.2 Å². The van der Waals surface area contributed by atoms with Crippen LogP contribution in [0.15, 0.2) is 43.0 Å². The predicted octanol–water partition coefficient (Wildman–Crippen LogP) is 3.73. The first kappa shape index (κ1) is 31.4. The van der Waals surface area contributed by atoms with Crippen molar-refractivity contribution in [3.8, 4) is 17.4 Å². The van der Waals surface area contributed by atoms with Gasteiger partial charge in [-0.3, -0.25) is 9.36 Å². The van der Waals surface area contributed by atoms with E-state index in [4.69, 9.17) is 9.47 Å². The van der Waals surface area contributed by atoms with Crippen LogP contribution in [0.4, 0.5) is 23.8 Å². The molecular weight excluding hydrogens is 605 g/mol. The molecule has 0 radical (unpaired) electrons. The summed E-state index contributed by atoms with van der Waals surface area (Å²) in [5.74, 6) is 0.982. The molecule has 1 saturated heterocycles. The summed E-state index contributed by atoms with van der Waals surface area (Å²) < 4.78 is 54.1. The van der Waals surface area contributed by atoms with Crippen molar-refractivity contribution in [3.05, 3.63) is 54.2 Å². The quantitative estimate of drug-likeness (QED) is 0.381. The number of benzene rings is 1. The fourth-order valence-electron chi connectivity index (χ4n) is 6.11. The number of amides is 3. The standard InChI is InChI=1S/C31H37F3N8O4/c32-31(33,34)26-18-27(39-29(38-26)41-11-10-35-20-41)40-12-13-42(30(44)37-22-4-2-1-3-5-22)23(19-40)17-28(43)36-9-8-21-6-7-24-25(16-21)46-15-14-45-24/h6-7,10-11,16,18,20,22-23H,1-5,8-9,12-15,17,19H2,(H,36,43)(H,37,44). The Kier molecular flexibility index (Phi) is 9.45. The van der Waals surface area contributed by atoms with Crippen molar-refractivity contribution in [3.63, 3.8) is 0 Å². The molecule has 0 spiro atoms. The fourth-order valence-corrected chi connectivity index (χ4v) is 6.11. The number of rotatable bonds is 8. The van der Waals surface area contributed by atoms with E-state index in [2.05, 4.69) is 25.6 Å². The van der Waals surface area contributed by atoms with Crippen LogP contribution in [0.3, 0.4) is 0 Å². The average molecular weight is 643 g/mol. The zero-order chi connectivity index (χ0) is 32.1. The number of hydrogen-bond acceptors (Lipinski definition) is 8. The highest BCUT2D eigenvalue weighted by Crippen LogP contribution is 2.32. The number of hydrogen-bond donors (Lipinski definition) is 2. The van der Waals surface area contributed by atoms with E-state index < -0.39 is 17.9 Å². The number of imidazole rings is 1. The van der Waals surface area contributed by atoms with E-state index in [0.29, 0.717) is 37.7 Å². The molecule has 4 heterocycles. The summed E-state index contributed by atoms with van der Waals surface area (Å²) in [4.78, 5) is 42.0. The van der Waals surface area contributed by atoms with Gasteiger partial charge in [-0.25, -0.2) is 14.8 Å². The largest absolute Gasteiger partial charge is 0.486 e. The number of urea groups is 1. The summed E-state index contributed by atoms with van der Waals surface area (Å²) in [6.45, 7) is 1.90. The molecule has 2 fully saturated rings. The first-order valence-electron chi connectivity index (χ1n) is 15.6. The first-order chi connectivity index (χ1) is 22.2. The van der Waals surface area contributed by atoms with Crippen LogP contribution in [0.2, 0.25) is 0 Å². The molecule has 46 heavy (non-hydrogen) atoms. The third-order valence-electron chi connectivity index (χ3n) is 8.49. The van der Waals surface area contributed by atoms with Crippen LogP contribution >= 0.6 is 0 Å². The summed E-state index contributed by atoms with van der Waals surface area (Å²) in [6.07, 6.45) is 5.07. The van der Waals surface area contributed by atoms with Crippen LogP contribution in [0.1, 0.15) is 49.8 Å². The van der Waals surface area contributed by atoms with Crippen molar-refractivity contribution in [1.82, 2.24) is 35.1 Å². The smallest absolute Gasteiger partial charge is 0.433 e. The maximum Gasteiger partial charge on any atom is 0.433 e. The molecule has 3 aromatic rings. The van der Waals surface area contributed by atoms with Crippen molar-refractivity contribution in [2.45, 2.75) is 63.2 Å². The van der Waals surface area contributed by atoms with Gasteiger partial charge in [0.25, 0.3) is 0 Å². The maximum atomic E-state index is 13.9. The highest BCUT2D eigenvalue weighted by molar-refractivity contribution is 5.79. The zero-order valence-corrected chi connectivity index (χ0v) is 25.3. The average Bonchev–Trinajstić information content (AvgIpc) is 3.60. The lowest BCUT2D eigenvalue weighted by Crippen LogP contribution is -2.60. The van der Waals surface area contributed by atoms with Crippen LogP contribution in [0.25, 0.3) is 5.95 Å². The van der Waals surface area contributed by atoms with Crippen LogP contribution in [-0.2, 0) is 17.4 Å². The second-order valence-corrected chi connectivity index (χ2v) is 11.7. The summed E-state index contributed by atoms with van der Waals surface area (Å²) >= 11 is 0. The second-order valence-electron chi connectivity index (χ2n) is 11.7. The van der Waals surface area contributed by atoms with E-state index >= 15 is 0 Å². The molecule has 15 heteroatoms. The van der Waals surface area contributed by atoms with Gasteiger partial charge in [-0.15, -0.1) is 0 Å². The van der Waals surface area contributed by atoms with E-state index in [0.717, 1.165) is 43.7 Å². The third-order valence-corrected chi connectivity index (χ3v) is 8.49. The SMILES string of the molecule is O=C(CC1CN(c2cc(C(F)(F)F)nc(-n3ccnc3)n2)CCN1C(=O)NC1CCCCC1)NCCc1ccc2c(c1)OCCO2. The summed E-state index contributed by atoms with van der Waals surface area (Å²) in [5, 5.41) is 6.06. The van der Waals surface area contributed by atoms with Crippen molar-refractivity contribution in [2.24, 2.45) is 0 Å². The minimum atomic E-state index is -4.70. The molecule has 6 rings (SSSR count). The van der Waals surface area contributed by atoms with E-state index in [-0.39, 0.29) is 55.8 Å². The number of fused-ring (bicyclic) bond motifs is 1. The molecular formula is C31H37F3N8O4. The Balaban J connectivity index is 1.16. The molecule has 2 N–H and O–H groups in total. The van der Waals surface area contributed by atoms with E-state index in [1.54, 1.807) is 9.80 Å². The van der Waals surface area contributed by atoms with E-state index in [1.165, 1.54) is 23.3 Å².